The molecule has 0 spiro atoms. The summed E-state index contributed by atoms with van der Waals surface area (Å²) >= 11 is 0.735. The Morgan fingerprint density at radius 3 is 2.50 bits per heavy atom. The summed E-state index contributed by atoms with van der Waals surface area (Å²) in [5.74, 6) is -2.18. The molecule has 0 aliphatic heterocycles. The number of halogens is 5. The van der Waals surface area contributed by atoms with E-state index in [1.807, 2.05) is 0 Å². The topological polar surface area (TPSA) is 67.3 Å². The lowest BCUT2D eigenvalue weighted by Crippen LogP contribution is -2.54. The van der Waals surface area contributed by atoms with Crippen LogP contribution in [0.2, 0.25) is 0 Å². The molecule has 32 heavy (non-hydrogen) atoms. The first-order valence-corrected chi connectivity index (χ1v) is 10.7. The van der Waals surface area contributed by atoms with E-state index in [2.05, 4.69) is 15.3 Å². The highest BCUT2D eigenvalue weighted by Crippen LogP contribution is 2.45. The molecule has 0 aliphatic carbocycles. The maximum absolute atomic E-state index is 14.9. The molecule has 0 radical (unpaired) electrons. The molecule has 1 heterocycles. The molecule has 0 aliphatic rings. The van der Waals surface area contributed by atoms with Crippen molar-refractivity contribution < 1.29 is 31.8 Å². The Kier molecular flexibility index (Phi) is 6.80. The summed E-state index contributed by atoms with van der Waals surface area (Å²) in [4.78, 5) is 8.11. The van der Waals surface area contributed by atoms with Crippen molar-refractivity contribution >= 4 is 28.4 Å². The van der Waals surface area contributed by atoms with Crippen molar-refractivity contribution in [3.63, 3.8) is 0 Å². The fraction of sp³-hybridized carbons (Fsp3) is 0.333. The van der Waals surface area contributed by atoms with Gasteiger partial charge in [0.05, 0.1) is 18.7 Å². The van der Waals surface area contributed by atoms with Crippen molar-refractivity contribution in [1.82, 2.24) is 9.97 Å². The molecule has 2 atom stereocenters. The first kappa shape index (κ1) is 24.0. The molecule has 0 fully saturated rings. The average Bonchev–Trinajstić information content (AvgIpc) is 2.70. The van der Waals surface area contributed by atoms with Gasteiger partial charge in [-0.25, -0.2) is 18.7 Å². The number of benzene rings is 2. The van der Waals surface area contributed by atoms with Gasteiger partial charge in [-0.05, 0) is 25.3 Å². The molecular weight excluding hydrogens is 453 g/mol. The highest BCUT2D eigenvalue weighted by atomic mass is 32.2. The van der Waals surface area contributed by atoms with E-state index in [0.29, 0.717) is 5.82 Å². The van der Waals surface area contributed by atoms with Crippen LogP contribution >= 0.6 is 11.8 Å². The van der Waals surface area contributed by atoms with E-state index in [9.17, 15) is 27.1 Å². The van der Waals surface area contributed by atoms with E-state index in [1.54, 1.807) is 6.92 Å². The smallest absolute Gasteiger partial charge is 0.420 e. The number of fused-ring (bicyclic) bond motifs is 1. The number of hydrogen-bond acceptors (Lipinski definition) is 6. The molecular formula is C21H20F5N3O2S. The van der Waals surface area contributed by atoms with Crippen molar-refractivity contribution in [2.24, 2.45) is 0 Å². The Labute approximate surface area is 185 Å². The van der Waals surface area contributed by atoms with Gasteiger partial charge in [0.15, 0.2) is 5.60 Å². The van der Waals surface area contributed by atoms with E-state index >= 15 is 0 Å². The summed E-state index contributed by atoms with van der Waals surface area (Å²) in [6.45, 7) is 1.58. The number of nitrogens with zero attached hydrogens (tertiary/aromatic N) is 2. The van der Waals surface area contributed by atoms with Crippen LogP contribution in [0.1, 0.15) is 17.4 Å². The van der Waals surface area contributed by atoms with E-state index in [4.69, 9.17) is 4.74 Å². The molecule has 1 aromatic heterocycles. The van der Waals surface area contributed by atoms with E-state index in [0.717, 1.165) is 36.0 Å². The molecule has 2 N–H and O–H groups in total. The second-order valence-electron chi connectivity index (χ2n) is 7.12. The monoisotopic (exact) mass is 473 g/mol. The molecule has 172 valence electrons. The van der Waals surface area contributed by atoms with Gasteiger partial charge in [0.25, 0.3) is 0 Å². The van der Waals surface area contributed by atoms with Gasteiger partial charge in [-0.2, -0.15) is 24.9 Å². The summed E-state index contributed by atoms with van der Waals surface area (Å²) in [7, 11) is 1.28. The zero-order valence-electron chi connectivity index (χ0n) is 17.3. The Bertz CT molecular complexity index is 1120. The van der Waals surface area contributed by atoms with Crippen LogP contribution < -0.4 is 10.1 Å². The molecule has 0 amide bonds. The Morgan fingerprint density at radius 1 is 1.19 bits per heavy atom. The lowest BCUT2D eigenvalue weighted by atomic mass is 9.88. The fourth-order valence-corrected chi connectivity index (χ4v) is 4.11. The maximum Gasteiger partial charge on any atom is 0.420 e. The minimum absolute atomic E-state index is 0.0884. The second-order valence-corrected chi connectivity index (χ2v) is 7.99. The second kappa shape index (κ2) is 9.07. The van der Waals surface area contributed by atoms with Crippen molar-refractivity contribution in [3.8, 4) is 5.75 Å². The summed E-state index contributed by atoms with van der Waals surface area (Å²) in [6.07, 6.45) is -2.44. The molecule has 3 rings (SSSR count). The summed E-state index contributed by atoms with van der Waals surface area (Å²) < 4.78 is 76.4. The number of aromatic nitrogens is 2. The molecule has 3 aromatic rings. The van der Waals surface area contributed by atoms with Crippen LogP contribution in [0.5, 0.6) is 5.75 Å². The predicted octanol–water partition coefficient (Wildman–Crippen LogP) is 5.03. The molecule has 2 aromatic carbocycles. The van der Waals surface area contributed by atoms with Crippen LogP contribution in [0.4, 0.5) is 27.6 Å². The van der Waals surface area contributed by atoms with E-state index in [1.165, 1.54) is 25.6 Å². The maximum atomic E-state index is 14.9. The van der Waals surface area contributed by atoms with Crippen LogP contribution in [-0.4, -0.2) is 46.0 Å². The van der Waals surface area contributed by atoms with Crippen molar-refractivity contribution in [3.05, 3.63) is 59.6 Å². The number of aliphatic hydroxyl groups is 1. The summed E-state index contributed by atoms with van der Waals surface area (Å²) in [6, 6.07) is 3.31. The number of thioether (sulfide) groups is 1. The van der Waals surface area contributed by atoms with Crippen LogP contribution in [-0.2, 0) is 0 Å². The minimum Gasteiger partial charge on any atom is -0.497 e. The zero-order valence-corrected chi connectivity index (χ0v) is 18.1. The molecule has 2 unspecified atom stereocenters. The summed E-state index contributed by atoms with van der Waals surface area (Å²) in [5.41, 5.74) is -3.84. The predicted molar refractivity (Wildman–Crippen MR) is 113 cm³/mol. The molecule has 0 saturated heterocycles. The van der Waals surface area contributed by atoms with E-state index in [-0.39, 0.29) is 22.3 Å². The van der Waals surface area contributed by atoms with Gasteiger partial charge in [0.1, 0.15) is 23.2 Å². The van der Waals surface area contributed by atoms with Crippen LogP contribution in [0.15, 0.2) is 36.5 Å². The number of nitrogens with one attached hydrogen (secondary N) is 1. The van der Waals surface area contributed by atoms with Gasteiger partial charge in [0, 0.05) is 40.7 Å². The van der Waals surface area contributed by atoms with Gasteiger partial charge in [-0.1, -0.05) is 6.07 Å². The first-order valence-electron chi connectivity index (χ1n) is 9.31. The van der Waals surface area contributed by atoms with Gasteiger partial charge < -0.3 is 15.2 Å². The highest BCUT2D eigenvalue weighted by molar-refractivity contribution is 7.98. The molecule has 5 nitrogen and oxygen atoms in total. The third-order valence-corrected chi connectivity index (χ3v) is 5.67. The quantitative estimate of drug-likeness (QED) is 0.469. The number of hydrogen-bond donors (Lipinski definition) is 2. The number of alkyl halides is 3. The first-order chi connectivity index (χ1) is 15.0. The SMILES string of the molecule is COc1ccc(C(Nc2cc(F)cc3nc(C)ncc23)C(O)(CSC)C(F)(F)F)c(F)c1. The van der Waals surface area contributed by atoms with Crippen molar-refractivity contribution in [2.75, 3.05) is 24.4 Å². The largest absolute Gasteiger partial charge is 0.497 e. The van der Waals surface area contributed by atoms with Crippen LogP contribution in [0, 0.1) is 18.6 Å². The lowest BCUT2D eigenvalue weighted by Gasteiger charge is -2.38. The highest BCUT2D eigenvalue weighted by Gasteiger charge is 2.59. The molecule has 11 heteroatoms. The zero-order chi connectivity index (χ0) is 23.7. The minimum atomic E-state index is -5.14. The average molecular weight is 473 g/mol. The van der Waals surface area contributed by atoms with Gasteiger partial charge >= 0.3 is 6.18 Å². The number of methoxy groups -OCH3 is 1. The normalized spacial score (nSPS) is 14.8. The Balaban J connectivity index is 2.23. The Hall–Kier alpha value is -2.66. The van der Waals surface area contributed by atoms with Gasteiger partial charge in [-0.3, -0.25) is 0 Å². The van der Waals surface area contributed by atoms with Crippen LogP contribution in [0.3, 0.4) is 0 Å². The molecule has 0 bridgehead atoms. The van der Waals surface area contributed by atoms with Gasteiger partial charge in [-0.15, -0.1) is 0 Å². The number of anilines is 1. The third kappa shape index (κ3) is 4.58. The number of aryl methyl sites for hydroxylation is 1. The standard InChI is InChI=1S/C21H20F5N3O2S/c1-11-27-9-15-17(28-11)6-12(22)7-18(15)29-19(20(30,10-32-3)21(24,25)26)14-5-4-13(31-2)8-16(14)23/h4-9,19,29-30H,10H2,1-3H3. The Morgan fingerprint density at radius 2 is 1.91 bits per heavy atom. The van der Waals surface area contributed by atoms with Crippen molar-refractivity contribution in [1.29, 1.82) is 0 Å². The third-order valence-electron chi connectivity index (χ3n) is 4.94. The summed E-state index contributed by atoms with van der Waals surface area (Å²) in [5, 5.41) is 13.6. The molecule has 0 saturated carbocycles. The lowest BCUT2D eigenvalue weighted by molar-refractivity contribution is -0.256. The van der Waals surface area contributed by atoms with Crippen LogP contribution in [0.25, 0.3) is 10.9 Å². The van der Waals surface area contributed by atoms with Crippen molar-refractivity contribution in [2.45, 2.75) is 24.7 Å². The van der Waals surface area contributed by atoms with Gasteiger partial charge in [0.2, 0.25) is 0 Å². The van der Waals surface area contributed by atoms with E-state index < -0.39 is 40.8 Å². The fourth-order valence-electron chi connectivity index (χ4n) is 3.34. The number of ether oxygens (including phenoxy) is 1. The number of rotatable bonds is 7.